The van der Waals surface area contributed by atoms with Crippen molar-refractivity contribution >= 4 is 33.3 Å². The van der Waals surface area contributed by atoms with E-state index in [2.05, 4.69) is 31.5 Å². The molecule has 0 aliphatic rings. The number of rotatable bonds is 4. The first-order valence-electron chi connectivity index (χ1n) is 4.71. The third kappa shape index (κ3) is 2.11. The summed E-state index contributed by atoms with van der Waals surface area (Å²) in [6.45, 7) is 0. The second-order valence-electron chi connectivity index (χ2n) is 3.42. The first-order chi connectivity index (χ1) is 7.35. The third-order valence-corrected chi connectivity index (χ3v) is 3.01. The van der Waals surface area contributed by atoms with Gasteiger partial charge in [0.25, 0.3) is 0 Å². The van der Waals surface area contributed by atoms with Gasteiger partial charge < -0.3 is 9.78 Å². The third-order valence-electron chi connectivity index (χ3n) is 2.42. The van der Waals surface area contributed by atoms with Crippen LogP contribution in [0.2, 0.25) is 0 Å². The Bertz CT molecular complexity index is 466. The number of halogens is 1. The van der Waals surface area contributed by atoms with Crippen LogP contribution in [-0.4, -0.2) is 17.3 Å². The molecule has 0 aliphatic heterocycles. The Labute approximate surface area is 96.2 Å². The van der Waals surface area contributed by atoms with E-state index >= 15 is 0 Å². The van der Waals surface area contributed by atoms with Crippen LogP contribution in [-0.2, 0) is 11.2 Å². The van der Waals surface area contributed by atoms with Crippen molar-refractivity contribution in [2.75, 3.05) is 0 Å². The molecule has 0 saturated heterocycles. The highest BCUT2D eigenvalue weighted by Gasteiger charge is 2.09. The molecule has 0 unspecified atom stereocenters. The average molecular weight is 267 g/mol. The number of H-pyrrole nitrogens is 1. The largest absolute Gasteiger partial charge is 0.361 e. The molecule has 15 heavy (non-hydrogen) atoms. The minimum absolute atomic E-state index is 0.191. The van der Waals surface area contributed by atoms with Crippen LogP contribution in [0.1, 0.15) is 5.56 Å². The van der Waals surface area contributed by atoms with E-state index in [9.17, 15) is 4.79 Å². The number of nitrogens with one attached hydrogen (secondary N) is 2. The molecule has 1 atom stereocenters. The molecule has 0 saturated carbocycles. The number of hydrogen-bond acceptors (Lipinski definition) is 2. The topological polar surface area (TPSA) is 44.9 Å². The summed E-state index contributed by atoms with van der Waals surface area (Å²) < 4.78 is 2.79. The smallest absolute Gasteiger partial charge is 0.138 e. The summed E-state index contributed by atoms with van der Waals surface area (Å²) in [4.78, 5) is 13.9. The van der Waals surface area contributed by atoms with Gasteiger partial charge in [-0.3, -0.25) is 0 Å². The van der Waals surface area contributed by atoms with Crippen LogP contribution >= 0.6 is 16.1 Å². The summed E-state index contributed by atoms with van der Waals surface area (Å²) in [5, 5.41) is 1.17. The van der Waals surface area contributed by atoms with Crippen molar-refractivity contribution in [1.82, 2.24) is 9.33 Å². The molecule has 0 radical (unpaired) electrons. The second-order valence-corrected chi connectivity index (χ2v) is 3.87. The number of aromatic amines is 1. The summed E-state index contributed by atoms with van der Waals surface area (Å²) in [5.74, 6) is 0. The maximum atomic E-state index is 10.7. The van der Waals surface area contributed by atoms with Crippen LogP contribution in [0.3, 0.4) is 0 Å². The van der Waals surface area contributed by atoms with E-state index in [1.54, 1.807) is 0 Å². The zero-order valence-corrected chi connectivity index (χ0v) is 9.62. The van der Waals surface area contributed by atoms with Gasteiger partial charge in [0.2, 0.25) is 0 Å². The van der Waals surface area contributed by atoms with E-state index in [0.29, 0.717) is 6.42 Å². The molecule has 0 amide bonds. The van der Waals surface area contributed by atoms with Crippen molar-refractivity contribution in [3.8, 4) is 0 Å². The van der Waals surface area contributed by atoms with Crippen LogP contribution < -0.4 is 4.34 Å². The molecule has 0 fully saturated rings. The lowest BCUT2D eigenvalue weighted by Crippen LogP contribution is -2.24. The fourth-order valence-electron chi connectivity index (χ4n) is 1.65. The first-order valence-corrected chi connectivity index (χ1v) is 5.51. The van der Waals surface area contributed by atoms with E-state index in [-0.39, 0.29) is 6.04 Å². The van der Waals surface area contributed by atoms with Crippen LogP contribution in [0.25, 0.3) is 10.9 Å². The molecular weight excluding hydrogens is 256 g/mol. The monoisotopic (exact) mass is 266 g/mol. The van der Waals surface area contributed by atoms with Gasteiger partial charge in [-0.15, -0.1) is 0 Å². The van der Waals surface area contributed by atoms with Crippen LogP contribution in [0.15, 0.2) is 30.5 Å². The zero-order chi connectivity index (χ0) is 10.7. The minimum atomic E-state index is -0.191. The average Bonchev–Trinajstić information content (AvgIpc) is 2.69. The quantitative estimate of drug-likeness (QED) is 0.658. The minimum Gasteiger partial charge on any atom is -0.361 e. The maximum absolute atomic E-state index is 10.7. The fourth-order valence-corrected chi connectivity index (χ4v) is 1.92. The number of hydrogen-bond donors (Lipinski definition) is 2. The molecule has 0 spiro atoms. The Hall–Kier alpha value is -1.13. The van der Waals surface area contributed by atoms with Crippen molar-refractivity contribution in [3.63, 3.8) is 0 Å². The zero-order valence-electron chi connectivity index (χ0n) is 8.03. The highest BCUT2D eigenvalue weighted by molar-refractivity contribution is 9.08. The lowest BCUT2D eigenvalue weighted by atomic mass is 10.1. The van der Waals surface area contributed by atoms with Crippen molar-refractivity contribution in [2.45, 2.75) is 12.5 Å². The molecule has 2 rings (SSSR count). The van der Waals surface area contributed by atoms with E-state index in [0.717, 1.165) is 17.4 Å². The number of carbonyl (C=O) groups is 1. The molecule has 1 aromatic heterocycles. The Balaban J connectivity index is 2.32. The van der Waals surface area contributed by atoms with Crippen molar-refractivity contribution < 1.29 is 4.79 Å². The number of aromatic nitrogens is 1. The molecule has 2 aromatic rings. The Morgan fingerprint density at radius 1 is 1.47 bits per heavy atom. The van der Waals surface area contributed by atoms with Crippen LogP contribution in [0, 0.1) is 0 Å². The molecule has 1 aromatic carbocycles. The number of fused-ring (bicyclic) bond motifs is 1. The summed E-state index contributed by atoms with van der Waals surface area (Å²) in [6, 6.07) is 7.87. The van der Waals surface area contributed by atoms with Gasteiger partial charge in [0.15, 0.2) is 0 Å². The summed E-state index contributed by atoms with van der Waals surface area (Å²) >= 11 is 3.09. The molecule has 2 N–H and O–H groups in total. The molecular formula is C11H11BrN2O. The normalized spacial score (nSPS) is 12.9. The Morgan fingerprint density at radius 3 is 3.00 bits per heavy atom. The Morgan fingerprint density at radius 2 is 2.27 bits per heavy atom. The fraction of sp³-hybridized carbons (Fsp3) is 0.182. The van der Waals surface area contributed by atoms with E-state index < -0.39 is 0 Å². The molecule has 78 valence electrons. The number of benzene rings is 1. The molecule has 4 heteroatoms. The van der Waals surface area contributed by atoms with E-state index in [1.807, 2.05) is 24.4 Å². The SMILES string of the molecule is O=C[C@H](Cc1c[nH]c2ccccc12)NBr. The van der Waals surface area contributed by atoms with Gasteiger partial charge >= 0.3 is 0 Å². The Kier molecular flexibility index (Phi) is 3.18. The highest BCUT2D eigenvalue weighted by Crippen LogP contribution is 2.18. The second kappa shape index (κ2) is 4.59. The van der Waals surface area contributed by atoms with Crippen LogP contribution in [0.5, 0.6) is 0 Å². The maximum Gasteiger partial charge on any atom is 0.138 e. The summed E-state index contributed by atoms with van der Waals surface area (Å²) in [7, 11) is 0. The number of para-hydroxylation sites is 1. The van der Waals surface area contributed by atoms with Crippen molar-refractivity contribution in [2.24, 2.45) is 0 Å². The summed E-state index contributed by atoms with van der Waals surface area (Å²) in [5.41, 5.74) is 2.25. The summed E-state index contributed by atoms with van der Waals surface area (Å²) in [6.07, 6.45) is 3.53. The van der Waals surface area contributed by atoms with Gasteiger partial charge in [-0.2, -0.15) is 0 Å². The van der Waals surface area contributed by atoms with Gasteiger partial charge in [-0.05, 0) is 18.1 Å². The van der Waals surface area contributed by atoms with Crippen molar-refractivity contribution in [1.29, 1.82) is 0 Å². The standard InChI is InChI=1S/C11H11BrN2O/c12-14-9(7-15)5-8-6-13-11-4-2-1-3-10(8)11/h1-4,6-7,9,13-14H,5H2/t9-/m0/s1. The highest BCUT2D eigenvalue weighted by atomic mass is 79.9. The molecule has 3 nitrogen and oxygen atoms in total. The van der Waals surface area contributed by atoms with Gasteiger partial charge in [0, 0.05) is 33.2 Å². The lowest BCUT2D eigenvalue weighted by molar-refractivity contribution is -0.109. The van der Waals surface area contributed by atoms with E-state index in [4.69, 9.17) is 0 Å². The predicted molar refractivity (Wildman–Crippen MR) is 63.9 cm³/mol. The first kappa shape index (κ1) is 10.4. The lowest BCUT2D eigenvalue weighted by Gasteiger charge is -2.05. The van der Waals surface area contributed by atoms with E-state index in [1.165, 1.54) is 5.39 Å². The van der Waals surface area contributed by atoms with Gasteiger partial charge in [0.05, 0.1) is 6.04 Å². The number of carbonyl (C=O) groups excluding carboxylic acids is 1. The van der Waals surface area contributed by atoms with Crippen molar-refractivity contribution in [3.05, 3.63) is 36.0 Å². The molecule has 1 heterocycles. The van der Waals surface area contributed by atoms with Gasteiger partial charge in [-0.25, -0.2) is 4.34 Å². The predicted octanol–water partition coefficient (Wildman–Crippen LogP) is 2.18. The van der Waals surface area contributed by atoms with Crippen LogP contribution in [0.4, 0.5) is 0 Å². The molecule has 0 bridgehead atoms. The number of aldehydes is 1. The van der Waals surface area contributed by atoms with Gasteiger partial charge in [0.1, 0.15) is 6.29 Å². The molecule has 0 aliphatic carbocycles. The van der Waals surface area contributed by atoms with Gasteiger partial charge in [-0.1, -0.05) is 18.2 Å².